The van der Waals surface area contributed by atoms with E-state index in [1.54, 1.807) is 29.3 Å². The third-order valence-electron chi connectivity index (χ3n) is 2.84. The maximum Gasteiger partial charge on any atom is 0.359 e. The molecule has 0 atom stereocenters. The lowest BCUT2D eigenvalue weighted by Crippen LogP contribution is -2.13. The number of rotatable bonds is 5. The molecule has 0 radical (unpaired) electrons. The quantitative estimate of drug-likeness (QED) is 0.907. The summed E-state index contributed by atoms with van der Waals surface area (Å²) in [6.45, 7) is 0.378. The lowest BCUT2D eigenvalue weighted by atomic mass is 10.2. The highest BCUT2D eigenvalue weighted by Crippen LogP contribution is 2.14. The van der Waals surface area contributed by atoms with Crippen molar-refractivity contribution in [3.8, 4) is 6.07 Å². The van der Waals surface area contributed by atoms with Gasteiger partial charge in [0, 0.05) is 37.9 Å². The Labute approximate surface area is 138 Å². The Kier molecular flexibility index (Phi) is 5.39. The Bertz CT molecular complexity index is 822. The number of nitriles is 1. The molecule has 0 aliphatic carbocycles. The number of benzene rings is 1. The molecular weight excluding hydrogens is 316 g/mol. The second kappa shape index (κ2) is 7.47. The molecule has 7 heteroatoms. The standard InChI is InChI=1S/C16H15ClN4O2/c1-21(2)7-6-14-20-15(13(9-18)16(22)23-14)19-10-11-4-3-5-12(17)8-11/h3-8,19H,10H2,1-2H3/b7-6+. The number of nitrogens with zero attached hydrogens (tertiary/aromatic N) is 3. The first-order chi connectivity index (χ1) is 11.0. The summed E-state index contributed by atoms with van der Waals surface area (Å²) in [7, 11) is 3.66. The predicted molar refractivity (Wildman–Crippen MR) is 89.0 cm³/mol. The molecule has 23 heavy (non-hydrogen) atoms. The number of hydrogen-bond donors (Lipinski definition) is 1. The maximum absolute atomic E-state index is 11.9. The molecule has 1 aromatic carbocycles. The van der Waals surface area contributed by atoms with E-state index in [2.05, 4.69) is 10.3 Å². The summed E-state index contributed by atoms with van der Waals surface area (Å²) in [6, 6.07) is 9.07. The van der Waals surface area contributed by atoms with Gasteiger partial charge in [0.05, 0.1) is 0 Å². The van der Waals surface area contributed by atoms with Gasteiger partial charge in [-0.2, -0.15) is 10.2 Å². The van der Waals surface area contributed by atoms with Crippen molar-refractivity contribution in [2.75, 3.05) is 19.4 Å². The van der Waals surface area contributed by atoms with Gasteiger partial charge in [-0.05, 0) is 17.7 Å². The second-order valence-electron chi connectivity index (χ2n) is 4.94. The van der Waals surface area contributed by atoms with Crippen LogP contribution in [0.4, 0.5) is 5.82 Å². The van der Waals surface area contributed by atoms with E-state index in [1.165, 1.54) is 0 Å². The molecule has 1 heterocycles. The molecule has 118 valence electrons. The van der Waals surface area contributed by atoms with Gasteiger partial charge < -0.3 is 14.6 Å². The zero-order valence-corrected chi connectivity index (χ0v) is 13.5. The molecule has 2 rings (SSSR count). The highest BCUT2D eigenvalue weighted by Gasteiger charge is 2.12. The van der Waals surface area contributed by atoms with Gasteiger partial charge in [-0.1, -0.05) is 23.7 Å². The van der Waals surface area contributed by atoms with Crippen LogP contribution in [0.5, 0.6) is 0 Å². The van der Waals surface area contributed by atoms with Gasteiger partial charge in [-0.15, -0.1) is 0 Å². The van der Waals surface area contributed by atoms with Crippen LogP contribution >= 0.6 is 11.6 Å². The Balaban J connectivity index is 2.29. The molecule has 0 unspecified atom stereocenters. The smallest absolute Gasteiger partial charge is 0.359 e. The molecule has 2 aromatic rings. The van der Waals surface area contributed by atoms with Crippen LogP contribution in [0.25, 0.3) is 6.08 Å². The van der Waals surface area contributed by atoms with E-state index in [0.717, 1.165) is 5.56 Å². The minimum atomic E-state index is -0.727. The lowest BCUT2D eigenvalue weighted by Gasteiger charge is -2.08. The minimum absolute atomic E-state index is 0.122. The van der Waals surface area contributed by atoms with Crippen molar-refractivity contribution < 1.29 is 4.42 Å². The first-order valence-electron chi connectivity index (χ1n) is 6.78. The SMILES string of the molecule is CN(C)/C=C/c1nc(NCc2cccc(Cl)c2)c(C#N)c(=O)o1. The predicted octanol–water partition coefficient (Wildman–Crippen LogP) is 2.70. The first-order valence-corrected chi connectivity index (χ1v) is 7.15. The van der Waals surface area contributed by atoms with Crippen molar-refractivity contribution in [3.63, 3.8) is 0 Å². The van der Waals surface area contributed by atoms with Crippen LogP contribution in [0.15, 0.2) is 39.7 Å². The zero-order valence-electron chi connectivity index (χ0n) is 12.7. The van der Waals surface area contributed by atoms with E-state index in [4.69, 9.17) is 21.3 Å². The molecule has 0 bridgehead atoms. The highest BCUT2D eigenvalue weighted by molar-refractivity contribution is 6.30. The summed E-state index contributed by atoms with van der Waals surface area (Å²) in [6.07, 6.45) is 3.24. The lowest BCUT2D eigenvalue weighted by molar-refractivity contribution is 0.476. The summed E-state index contributed by atoms with van der Waals surface area (Å²) in [5.41, 5.74) is 0.0188. The summed E-state index contributed by atoms with van der Waals surface area (Å²) in [5.74, 6) is 0.304. The maximum atomic E-state index is 11.9. The molecule has 1 N–H and O–H groups in total. The fraction of sp³-hybridized carbons (Fsp3) is 0.188. The molecule has 1 aromatic heterocycles. The number of nitrogens with one attached hydrogen (secondary N) is 1. The number of halogens is 1. The van der Waals surface area contributed by atoms with Gasteiger partial charge in [0.25, 0.3) is 0 Å². The van der Waals surface area contributed by atoms with Crippen LogP contribution in [0.2, 0.25) is 5.02 Å². The molecule has 0 spiro atoms. The van der Waals surface area contributed by atoms with Crippen LogP contribution in [-0.2, 0) is 6.54 Å². The van der Waals surface area contributed by atoms with E-state index in [9.17, 15) is 4.79 Å². The van der Waals surface area contributed by atoms with Crippen LogP contribution in [0, 0.1) is 11.3 Å². The molecule has 0 amide bonds. The Morgan fingerprint density at radius 1 is 1.48 bits per heavy atom. The molecule has 0 aliphatic heterocycles. The normalized spacial score (nSPS) is 10.5. The number of aromatic nitrogens is 1. The average Bonchev–Trinajstić information content (AvgIpc) is 2.50. The molecule has 0 saturated carbocycles. The van der Waals surface area contributed by atoms with Gasteiger partial charge in [0.2, 0.25) is 5.89 Å². The van der Waals surface area contributed by atoms with Crippen molar-refractivity contribution in [3.05, 3.63) is 62.9 Å². The Hall–Kier alpha value is -2.78. The van der Waals surface area contributed by atoms with E-state index < -0.39 is 5.63 Å². The Morgan fingerprint density at radius 2 is 2.26 bits per heavy atom. The summed E-state index contributed by atoms with van der Waals surface area (Å²) < 4.78 is 5.00. The average molecular weight is 331 g/mol. The van der Waals surface area contributed by atoms with Gasteiger partial charge in [-0.3, -0.25) is 0 Å². The van der Waals surface area contributed by atoms with Crippen LogP contribution in [0.1, 0.15) is 17.0 Å². The molecule has 6 nitrogen and oxygen atoms in total. The Morgan fingerprint density at radius 3 is 2.91 bits per heavy atom. The topological polar surface area (TPSA) is 82.2 Å². The monoisotopic (exact) mass is 330 g/mol. The van der Waals surface area contributed by atoms with Crippen molar-refractivity contribution in [2.24, 2.45) is 0 Å². The second-order valence-corrected chi connectivity index (χ2v) is 5.37. The number of hydrogen-bond acceptors (Lipinski definition) is 6. The molecular formula is C16H15ClN4O2. The van der Waals surface area contributed by atoms with Crippen molar-refractivity contribution in [1.29, 1.82) is 5.26 Å². The van der Waals surface area contributed by atoms with Crippen LogP contribution < -0.4 is 10.9 Å². The fourth-order valence-corrected chi connectivity index (χ4v) is 1.99. The molecule has 0 fully saturated rings. The largest absolute Gasteiger partial charge is 0.403 e. The first kappa shape index (κ1) is 16.6. The van der Waals surface area contributed by atoms with Crippen molar-refractivity contribution in [1.82, 2.24) is 9.88 Å². The van der Waals surface area contributed by atoms with E-state index in [1.807, 2.05) is 32.3 Å². The summed E-state index contributed by atoms with van der Waals surface area (Å²) in [5, 5.41) is 12.7. The van der Waals surface area contributed by atoms with Gasteiger partial charge in [-0.25, -0.2) is 4.79 Å². The summed E-state index contributed by atoms with van der Waals surface area (Å²) >= 11 is 5.93. The van der Waals surface area contributed by atoms with Crippen LogP contribution in [-0.4, -0.2) is 24.0 Å². The van der Waals surface area contributed by atoms with Gasteiger partial charge >= 0.3 is 5.63 Å². The van der Waals surface area contributed by atoms with Crippen molar-refractivity contribution in [2.45, 2.75) is 6.54 Å². The third-order valence-corrected chi connectivity index (χ3v) is 3.07. The fourth-order valence-electron chi connectivity index (χ4n) is 1.77. The van der Waals surface area contributed by atoms with Gasteiger partial charge in [0.15, 0.2) is 11.4 Å². The molecule has 0 aliphatic rings. The highest BCUT2D eigenvalue weighted by atomic mass is 35.5. The molecule has 0 saturated heterocycles. The van der Waals surface area contributed by atoms with Crippen LogP contribution in [0.3, 0.4) is 0 Å². The summed E-state index contributed by atoms with van der Waals surface area (Å²) in [4.78, 5) is 17.8. The van der Waals surface area contributed by atoms with E-state index in [0.29, 0.717) is 11.6 Å². The minimum Gasteiger partial charge on any atom is -0.403 e. The van der Waals surface area contributed by atoms with E-state index in [-0.39, 0.29) is 17.3 Å². The van der Waals surface area contributed by atoms with Gasteiger partial charge in [0.1, 0.15) is 6.07 Å². The zero-order chi connectivity index (χ0) is 16.8. The van der Waals surface area contributed by atoms with E-state index >= 15 is 0 Å². The van der Waals surface area contributed by atoms with Crippen molar-refractivity contribution >= 4 is 23.5 Å². The third kappa shape index (κ3) is 4.59. The number of anilines is 1.